The lowest BCUT2D eigenvalue weighted by Gasteiger charge is -2.03. The standard InChI is InChI=1S/C12H15NS.C2H7FN2.C2H6/c1-3-9(2)8-12-13-10-6-4-5-7-11(10)14-12;1-4-5(2)3;1-2/h4-7,9H,3,8H2,1-2H3;4H,1-2H3;1-2H3. The Morgan fingerprint density at radius 2 is 1.90 bits per heavy atom. The van der Waals surface area contributed by atoms with Gasteiger partial charge in [-0.25, -0.2) is 10.4 Å². The molecule has 1 atom stereocenters. The molecule has 0 radical (unpaired) electrons. The number of nitrogens with one attached hydrogen (secondary N) is 1. The zero-order valence-corrected chi connectivity index (χ0v) is 14.8. The lowest BCUT2D eigenvalue weighted by Crippen LogP contribution is -2.20. The van der Waals surface area contributed by atoms with Gasteiger partial charge < -0.3 is 0 Å². The number of hydrogen-bond acceptors (Lipinski definition) is 4. The van der Waals surface area contributed by atoms with Crippen LogP contribution in [0.25, 0.3) is 10.2 Å². The summed E-state index contributed by atoms with van der Waals surface area (Å²) in [6.45, 7) is 8.52. The van der Waals surface area contributed by atoms with Crippen molar-refractivity contribution in [3.05, 3.63) is 29.3 Å². The first-order valence-electron chi connectivity index (χ1n) is 7.48. The van der Waals surface area contributed by atoms with Crippen LogP contribution in [-0.4, -0.2) is 24.3 Å². The van der Waals surface area contributed by atoms with E-state index >= 15 is 0 Å². The summed E-state index contributed by atoms with van der Waals surface area (Å²) in [5.74, 6) is 0.746. The second-order valence-corrected chi connectivity index (χ2v) is 5.61. The molecule has 3 nitrogen and oxygen atoms in total. The van der Waals surface area contributed by atoms with E-state index in [1.165, 1.54) is 30.2 Å². The van der Waals surface area contributed by atoms with Crippen molar-refractivity contribution in [3.63, 3.8) is 0 Å². The highest BCUT2D eigenvalue weighted by molar-refractivity contribution is 7.18. The van der Waals surface area contributed by atoms with Gasteiger partial charge in [-0.3, -0.25) is 0 Å². The van der Waals surface area contributed by atoms with Crippen LogP contribution in [0.4, 0.5) is 4.48 Å². The van der Waals surface area contributed by atoms with Gasteiger partial charge in [-0.15, -0.1) is 15.8 Å². The van der Waals surface area contributed by atoms with Gasteiger partial charge in [0.15, 0.2) is 0 Å². The van der Waals surface area contributed by atoms with Crippen molar-refractivity contribution in [2.24, 2.45) is 5.92 Å². The van der Waals surface area contributed by atoms with Gasteiger partial charge in [0.2, 0.25) is 0 Å². The van der Waals surface area contributed by atoms with Crippen molar-refractivity contribution in [1.29, 1.82) is 0 Å². The minimum absolute atomic E-state index is 0.375. The van der Waals surface area contributed by atoms with Crippen molar-refractivity contribution in [2.75, 3.05) is 14.1 Å². The first-order chi connectivity index (χ1) is 10.1. The van der Waals surface area contributed by atoms with Crippen LogP contribution in [0.5, 0.6) is 0 Å². The lowest BCUT2D eigenvalue weighted by molar-refractivity contribution is 0.00983. The lowest BCUT2D eigenvalue weighted by atomic mass is 10.1. The van der Waals surface area contributed by atoms with E-state index in [1.807, 2.05) is 25.2 Å². The van der Waals surface area contributed by atoms with Gasteiger partial charge in [0, 0.05) is 20.5 Å². The number of aromatic nitrogens is 1. The Balaban J connectivity index is 0.000000489. The van der Waals surface area contributed by atoms with Crippen LogP contribution in [-0.2, 0) is 6.42 Å². The Kier molecular flexibility index (Phi) is 11.0. The molecule has 0 aliphatic heterocycles. The number of hydrazine groups is 1. The Labute approximate surface area is 132 Å². The second-order valence-electron chi connectivity index (χ2n) is 4.49. The minimum atomic E-state index is 0.375. The summed E-state index contributed by atoms with van der Waals surface area (Å²) in [6, 6.07) is 8.36. The van der Waals surface area contributed by atoms with Gasteiger partial charge in [-0.2, -0.15) is 0 Å². The van der Waals surface area contributed by atoms with E-state index in [9.17, 15) is 4.48 Å². The summed E-state index contributed by atoms with van der Waals surface area (Å²) in [4.78, 5) is 4.62. The smallest absolute Gasteiger partial charge is 0.0941 e. The number of rotatable bonds is 4. The van der Waals surface area contributed by atoms with Gasteiger partial charge >= 0.3 is 0 Å². The molecule has 2 rings (SSSR count). The maximum absolute atomic E-state index is 11.2. The molecule has 0 saturated heterocycles. The third-order valence-corrected chi connectivity index (χ3v) is 3.93. The van der Waals surface area contributed by atoms with E-state index < -0.39 is 0 Å². The third kappa shape index (κ3) is 8.09. The summed E-state index contributed by atoms with van der Waals surface area (Å²) in [7, 11) is 2.78. The van der Waals surface area contributed by atoms with Gasteiger partial charge in [0.1, 0.15) is 0 Å². The molecule has 1 unspecified atom stereocenters. The maximum Gasteiger partial charge on any atom is 0.0941 e. The number of para-hydroxylation sites is 1. The van der Waals surface area contributed by atoms with E-state index in [-0.39, 0.29) is 0 Å². The SMILES string of the molecule is CC.CCC(C)Cc1nc2ccccc2s1.CNN(C)F. The first-order valence-corrected chi connectivity index (χ1v) is 8.29. The van der Waals surface area contributed by atoms with Crippen molar-refractivity contribution in [3.8, 4) is 0 Å². The highest BCUT2D eigenvalue weighted by atomic mass is 32.1. The molecule has 5 heteroatoms. The maximum atomic E-state index is 11.2. The fourth-order valence-corrected chi connectivity index (χ4v) is 2.58. The monoisotopic (exact) mass is 313 g/mol. The van der Waals surface area contributed by atoms with Crippen LogP contribution in [0.2, 0.25) is 0 Å². The summed E-state index contributed by atoms with van der Waals surface area (Å²) in [5.41, 5.74) is 3.34. The van der Waals surface area contributed by atoms with E-state index in [2.05, 4.69) is 48.5 Å². The van der Waals surface area contributed by atoms with Crippen molar-refractivity contribution >= 4 is 21.6 Å². The van der Waals surface area contributed by atoms with Crippen LogP contribution in [0, 0.1) is 5.92 Å². The van der Waals surface area contributed by atoms with Crippen LogP contribution >= 0.6 is 11.3 Å². The zero-order valence-electron chi connectivity index (χ0n) is 14.0. The van der Waals surface area contributed by atoms with Gasteiger partial charge in [0.25, 0.3) is 0 Å². The fraction of sp³-hybridized carbons (Fsp3) is 0.562. The van der Waals surface area contributed by atoms with Crippen LogP contribution in [0.1, 0.15) is 39.1 Å². The summed E-state index contributed by atoms with van der Waals surface area (Å²) >= 11 is 1.83. The highest BCUT2D eigenvalue weighted by Gasteiger charge is 2.06. The molecule has 0 aliphatic carbocycles. The molecule has 0 bridgehead atoms. The van der Waals surface area contributed by atoms with Gasteiger partial charge in [-0.1, -0.05) is 51.5 Å². The highest BCUT2D eigenvalue weighted by Crippen LogP contribution is 2.24. The molecule has 1 heterocycles. The first kappa shape index (κ1) is 20.0. The van der Waals surface area contributed by atoms with Gasteiger partial charge in [0.05, 0.1) is 15.2 Å². The Bertz CT molecular complexity index is 452. The van der Waals surface area contributed by atoms with Gasteiger partial charge in [-0.05, 0) is 18.1 Å². The van der Waals surface area contributed by atoms with E-state index in [4.69, 9.17) is 0 Å². The normalized spacial score (nSPS) is 11.4. The van der Waals surface area contributed by atoms with E-state index in [1.54, 1.807) is 0 Å². The Hall–Kier alpha value is -1.04. The summed E-state index contributed by atoms with van der Waals surface area (Å²) < 4.78 is 12.5. The molecule has 0 fully saturated rings. The van der Waals surface area contributed by atoms with E-state index in [0.29, 0.717) is 5.23 Å². The third-order valence-electron chi connectivity index (χ3n) is 2.87. The predicted octanol–water partition coefficient (Wildman–Crippen LogP) is 4.85. The molecule has 0 amide bonds. The fourth-order valence-electron chi connectivity index (χ4n) is 1.45. The second kappa shape index (κ2) is 11.6. The van der Waals surface area contributed by atoms with Crippen molar-refractivity contribution in [1.82, 2.24) is 15.6 Å². The van der Waals surface area contributed by atoms with E-state index in [0.717, 1.165) is 17.9 Å². The van der Waals surface area contributed by atoms with Crippen LogP contribution in [0.3, 0.4) is 0 Å². The molecular formula is C16H28FN3S. The zero-order chi connectivity index (χ0) is 16.3. The van der Waals surface area contributed by atoms with Crippen LogP contribution in [0.15, 0.2) is 24.3 Å². The molecule has 1 aromatic heterocycles. The number of thiazole rings is 1. The van der Waals surface area contributed by atoms with Crippen LogP contribution < -0.4 is 5.43 Å². The molecule has 21 heavy (non-hydrogen) atoms. The Morgan fingerprint density at radius 3 is 2.38 bits per heavy atom. The summed E-state index contributed by atoms with van der Waals surface area (Å²) in [6.07, 6.45) is 2.35. The molecule has 120 valence electrons. The molecule has 2 aromatic rings. The predicted molar refractivity (Wildman–Crippen MR) is 92.1 cm³/mol. The number of nitrogens with zero attached hydrogens (tertiary/aromatic N) is 2. The molecule has 0 aliphatic rings. The topological polar surface area (TPSA) is 28.2 Å². The quantitative estimate of drug-likeness (QED) is 0.646. The summed E-state index contributed by atoms with van der Waals surface area (Å²) in [5, 5.41) is 1.65. The molecule has 1 aromatic carbocycles. The Morgan fingerprint density at radius 1 is 1.33 bits per heavy atom. The largest absolute Gasteiger partial charge is 0.241 e. The number of fused-ring (bicyclic) bond motifs is 1. The molecule has 0 spiro atoms. The minimum Gasteiger partial charge on any atom is -0.241 e. The molecule has 1 N–H and O–H groups in total. The molecule has 0 saturated carbocycles. The molecular weight excluding hydrogens is 285 g/mol. The van der Waals surface area contributed by atoms with Crippen molar-refractivity contribution < 1.29 is 4.48 Å². The average molecular weight is 313 g/mol. The van der Waals surface area contributed by atoms with Crippen molar-refractivity contribution in [2.45, 2.75) is 40.5 Å². The average Bonchev–Trinajstić information content (AvgIpc) is 2.91. The number of halogens is 1. The number of benzene rings is 1. The number of hydrogen-bond donors (Lipinski definition) is 1.